The molecule has 0 spiro atoms. The Hall–Kier alpha value is -2.87. The van der Waals surface area contributed by atoms with Crippen molar-refractivity contribution in [2.75, 3.05) is 22.4 Å². The molecule has 1 aliphatic heterocycles. The van der Waals surface area contributed by atoms with E-state index in [1.54, 1.807) is 24.3 Å². The normalized spacial score (nSPS) is 14.2. The molecule has 0 aromatic heterocycles. The molecule has 0 bridgehead atoms. The number of amides is 1. The Kier molecular flexibility index (Phi) is 5.93. The van der Waals surface area contributed by atoms with Crippen molar-refractivity contribution in [3.63, 3.8) is 0 Å². The average Bonchev–Trinajstić information content (AvgIpc) is 3.12. The summed E-state index contributed by atoms with van der Waals surface area (Å²) < 4.78 is 30.2. The molecule has 0 radical (unpaired) electrons. The van der Waals surface area contributed by atoms with Crippen molar-refractivity contribution < 1.29 is 22.7 Å². The summed E-state index contributed by atoms with van der Waals surface area (Å²) in [6.45, 7) is 3.90. The highest BCUT2D eigenvalue weighted by molar-refractivity contribution is 7.92. The summed E-state index contributed by atoms with van der Waals surface area (Å²) in [6.07, 6.45) is 1.60. The van der Waals surface area contributed by atoms with E-state index in [0.29, 0.717) is 24.3 Å². The second-order valence-electron chi connectivity index (χ2n) is 7.02. The summed E-state index contributed by atoms with van der Waals surface area (Å²) in [6, 6.07) is 12.2. The van der Waals surface area contributed by atoms with Crippen molar-refractivity contribution >= 4 is 33.3 Å². The van der Waals surface area contributed by atoms with Gasteiger partial charge < -0.3 is 10.1 Å². The third-order valence-corrected chi connectivity index (χ3v) is 6.03. The minimum absolute atomic E-state index is 0.283. The van der Waals surface area contributed by atoms with Crippen molar-refractivity contribution in [3.05, 3.63) is 59.2 Å². The molecule has 7 nitrogen and oxygen atoms in total. The van der Waals surface area contributed by atoms with Crippen molar-refractivity contribution in [1.29, 1.82) is 0 Å². The van der Waals surface area contributed by atoms with Gasteiger partial charge in [0.15, 0.2) is 6.10 Å². The highest BCUT2D eigenvalue weighted by atomic mass is 32.2. The molecule has 2 aromatic carbocycles. The Balaban J connectivity index is 1.64. The first-order valence-electron chi connectivity index (χ1n) is 9.40. The van der Waals surface area contributed by atoms with E-state index in [1.807, 2.05) is 19.1 Å². The van der Waals surface area contributed by atoms with Crippen LogP contribution in [0, 0.1) is 0 Å². The lowest BCUT2D eigenvalue weighted by molar-refractivity contribution is -0.123. The van der Waals surface area contributed by atoms with Gasteiger partial charge in [0.05, 0.1) is 17.5 Å². The molecule has 0 unspecified atom stereocenters. The van der Waals surface area contributed by atoms with Crippen LogP contribution in [0.2, 0.25) is 0 Å². The van der Waals surface area contributed by atoms with E-state index >= 15 is 0 Å². The van der Waals surface area contributed by atoms with Gasteiger partial charge in [-0.1, -0.05) is 19.1 Å². The van der Waals surface area contributed by atoms with E-state index in [1.165, 1.54) is 17.3 Å². The number of carbonyl (C=O) groups excluding carboxylic acids is 2. The number of fused-ring (bicyclic) bond motifs is 1. The molecule has 0 saturated carbocycles. The Morgan fingerprint density at radius 2 is 1.86 bits per heavy atom. The van der Waals surface area contributed by atoms with Gasteiger partial charge in [0.1, 0.15) is 0 Å². The van der Waals surface area contributed by atoms with Crippen LogP contribution in [0.4, 0.5) is 11.4 Å². The maximum Gasteiger partial charge on any atom is 0.338 e. The lowest BCUT2D eigenvalue weighted by Crippen LogP contribution is -2.30. The van der Waals surface area contributed by atoms with Crippen molar-refractivity contribution in [1.82, 2.24) is 0 Å². The van der Waals surface area contributed by atoms with Gasteiger partial charge in [-0.3, -0.25) is 9.10 Å². The number of benzene rings is 2. The number of hydrogen-bond acceptors (Lipinski definition) is 5. The number of nitrogens with one attached hydrogen (secondary N) is 1. The van der Waals surface area contributed by atoms with Crippen LogP contribution in [-0.4, -0.2) is 39.2 Å². The lowest BCUT2D eigenvalue weighted by Gasteiger charge is -2.17. The fourth-order valence-corrected chi connectivity index (χ4v) is 4.15. The topological polar surface area (TPSA) is 92.8 Å². The van der Waals surface area contributed by atoms with Crippen LogP contribution in [0.15, 0.2) is 42.5 Å². The van der Waals surface area contributed by atoms with Gasteiger partial charge in [0.25, 0.3) is 5.91 Å². The zero-order valence-electron chi connectivity index (χ0n) is 16.6. The highest BCUT2D eigenvalue weighted by Gasteiger charge is 2.27. The van der Waals surface area contributed by atoms with E-state index in [4.69, 9.17) is 4.74 Å². The number of carbonyl (C=O) groups is 2. The van der Waals surface area contributed by atoms with E-state index in [2.05, 4.69) is 5.32 Å². The van der Waals surface area contributed by atoms with E-state index in [-0.39, 0.29) is 5.56 Å². The molecule has 0 saturated heterocycles. The number of hydrogen-bond donors (Lipinski definition) is 1. The zero-order valence-corrected chi connectivity index (χ0v) is 17.5. The van der Waals surface area contributed by atoms with Gasteiger partial charge in [0, 0.05) is 12.2 Å². The molecular formula is C21H24N2O5S. The molecule has 1 N–H and O–H groups in total. The van der Waals surface area contributed by atoms with Crippen LogP contribution in [0.5, 0.6) is 0 Å². The molecule has 1 heterocycles. The minimum Gasteiger partial charge on any atom is -0.449 e. The number of aryl methyl sites for hydroxylation is 1. The summed E-state index contributed by atoms with van der Waals surface area (Å²) in [4.78, 5) is 24.8. The van der Waals surface area contributed by atoms with Crippen molar-refractivity contribution in [3.8, 4) is 0 Å². The summed E-state index contributed by atoms with van der Waals surface area (Å²) >= 11 is 0. The number of rotatable bonds is 6. The summed E-state index contributed by atoms with van der Waals surface area (Å²) in [5.41, 5.74) is 3.41. The van der Waals surface area contributed by atoms with Crippen LogP contribution in [0.25, 0.3) is 0 Å². The standard InChI is InChI=1S/C21H24N2O5S/c1-4-15-5-8-18(9-6-15)22-20(24)14(2)28-21(25)17-7-10-19-16(13-17)11-12-23(19)29(3,26)27/h5-10,13-14H,4,11-12H2,1-3H3,(H,22,24)/t14-/m0/s1. The predicted molar refractivity (Wildman–Crippen MR) is 112 cm³/mol. The number of anilines is 2. The predicted octanol–water partition coefficient (Wildman–Crippen LogP) is 2.76. The van der Waals surface area contributed by atoms with Crippen LogP contribution < -0.4 is 9.62 Å². The highest BCUT2D eigenvalue weighted by Crippen LogP contribution is 2.31. The third kappa shape index (κ3) is 4.76. The molecule has 1 atom stereocenters. The Labute approximate surface area is 170 Å². The van der Waals surface area contributed by atoms with E-state index in [9.17, 15) is 18.0 Å². The summed E-state index contributed by atoms with van der Waals surface area (Å²) in [5, 5.41) is 2.72. The number of sulfonamides is 1. The SMILES string of the molecule is CCc1ccc(NC(=O)[C@H](C)OC(=O)c2ccc3c(c2)CCN3S(C)(=O)=O)cc1. The van der Waals surface area contributed by atoms with Gasteiger partial charge in [-0.2, -0.15) is 0 Å². The quantitative estimate of drug-likeness (QED) is 0.731. The molecule has 2 aromatic rings. The minimum atomic E-state index is -3.35. The molecule has 0 fully saturated rings. The van der Waals surface area contributed by atoms with Crippen LogP contribution in [0.1, 0.15) is 35.3 Å². The summed E-state index contributed by atoms with van der Waals surface area (Å²) in [7, 11) is -3.35. The molecule has 8 heteroatoms. The first-order valence-corrected chi connectivity index (χ1v) is 11.3. The second kappa shape index (κ2) is 8.24. The Bertz CT molecular complexity index is 1030. The fraction of sp³-hybridized carbons (Fsp3) is 0.333. The molecule has 29 heavy (non-hydrogen) atoms. The van der Waals surface area contributed by atoms with Gasteiger partial charge in [-0.05, 0) is 61.2 Å². The second-order valence-corrected chi connectivity index (χ2v) is 8.92. The van der Waals surface area contributed by atoms with Crippen LogP contribution >= 0.6 is 0 Å². The third-order valence-electron chi connectivity index (χ3n) is 4.85. The molecule has 3 rings (SSSR count). The molecule has 1 amide bonds. The largest absolute Gasteiger partial charge is 0.449 e. The lowest BCUT2D eigenvalue weighted by atomic mass is 10.1. The Morgan fingerprint density at radius 1 is 1.17 bits per heavy atom. The number of esters is 1. The maximum atomic E-state index is 12.4. The van der Waals surface area contributed by atoms with Gasteiger partial charge in [0.2, 0.25) is 10.0 Å². The average molecular weight is 416 g/mol. The number of ether oxygens (including phenoxy) is 1. The van der Waals surface area contributed by atoms with E-state index in [0.717, 1.165) is 23.8 Å². The molecule has 1 aliphatic rings. The van der Waals surface area contributed by atoms with Crippen molar-refractivity contribution in [2.24, 2.45) is 0 Å². The first kappa shape index (κ1) is 20.9. The Morgan fingerprint density at radius 3 is 2.48 bits per heavy atom. The first-order chi connectivity index (χ1) is 13.7. The summed E-state index contributed by atoms with van der Waals surface area (Å²) in [5.74, 6) is -1.05. The smallest absolute Gasteiger partial charge is 0.338 e. The molecule has 0 aliphatic carbocycles. The van der Waals surface area contributed by atoms with Crippen molar-refractivity contribution in [2.45, 2.75) is 32.8 Å². The van der Waals surface area contributed by atoms with Gasteiger partial charge in [-0.25, -0.2) is 13.2 Å². The van der Waals surface area contributed by atoms with Gasteiger partial charge >= 0.3 is 5.97 Å². The van der Waals surface area contributed by atoms with E-state index < -0.39 is 28.0 Å². The monoisotopic (exact) mass is 416 g/mol. The molecule has 154 valence electrons. The van der Waals surface area contributed by atoms with Crippen LogP contribution in [-0.2, 0) is 32.4 Å². The maximum absolute atomic E-state index is 12.4. The number of nitrogens with zero attached hydrogens (tertiary/aromatic N) is 1. The molecular weight excluding hydrogens is 392 g/mol. The van der Waals surface area contributed by atoms with Gasteiger partial charge in [-0.15, -0.1) is 0 Å². The fourth-order valence-electron chi connectivity index (χ4n) is 3.19. The zero-order chi connectivity index (χ0) is 21.2. The van der Waals surface area contributed by atoms with Crippen LogP contribution in [0.3, 0.4) is 0 Å².